The molecule has 2 N–H and O–H groups in total. The summed E-state index contributed by atoms with van der Waals surface area (Å²) in [6, 6.07) is 4.77. The fourth-order valence-corrected chi connectivity index (χ4v) is 5.96. The van der Waals surface area contributed by atoms with Crippen molar-refractivity contribution in [1.82, 2.24) is 5.32 Å². The Morgan fingerprint density at radius 2 is 1.85 bits per heavy atom. The number of hydrogen-bond donors (Lipinski definition) is 2. The number of fused-ring (bicyclic) bond motifs is 2. The maximum Gasteiger partial charge on any atom is 0.292 e. The van der Waals surface area contributed by atoms with E-state index >= 15 is 0 Å². The van der Waals surface area contributed by atoms with Crippen molar-refractivity contribution in [3.63, 3.8) is 0 Å². The highest BCUT2D eigenvalue weighted by molar-refractivity contribution is 7.17. The Morgan fingerprint density at radius 1 is 1.06 bits per heavy atom. The largest absolute Gasteiger partial charge is 0.451 e. The molecule has 1 aromatic carbocycles. The summed E-state index contributed by atoms with van der Waals surface area (Å²) < 4.78 is 11.4. The van der Waals surface area contributed by atoms with Crippen molar-refractivity contribution in [2.75, 3.05) is 18.5 Å². The van der Waals surface area contributed by atoms with Crippen LogP contribution in [0.3, 0.4) is 0 Å². The Kier molecular flexibility index (Phi) is 6.27. The van der Waals surface area contributed by atoms with E-state index in [-0.39, 0.29) is 23.2 Å². The summed E-state index contributed by atoms with van der Waals surface area (Å²) in [5, 5.41) is 6.81. The number of carbonyl (C=O) groups is 2. The van der Waals surface area contributed by atoms with Crippen LogP contribution in [0.1, 0.15) is 68.2 Å². The van der Waals surface area contributed by atoms with Crippen LogP contribution in [-0.4, -0.2) is 31.1 Å². The van der Waals surface area contributed by atoms with E-state index in [1.165, 1.54) is 17.4 Å². The first-order valence-corrected chi connectivity index (χ1v) is 12.6. The van der Waals surface area contributed by atoms with Gasteiger partial charge in [0.1, 0.15) is 10.6 Å². The summed E-state index contributed by atoms with van der Waals surface area (Å²) in [5.41, 5.74) is 3.61. The molecule has 1 aliphatic heterocycles. The van der Waals surface area contributed by atoms with Crippen molar-refractivity contribution in [2.45, 2.75) is 58.5 Å². The van der Waals surface area contributed by atoms with Crippen LogP contribution in [0.4, 0.5) is 5.00 Å². The number of anilines is 1. The number of benzene rings is 1. The van der Waals surface area contributed by atoms with E-state index in [9.17, 15) is 14.4 Å². The zero-order valence-corrected chi connectivity index (χ0v) is 20.2. The molecule has 5 rings (SSSR count). The van der Waals surface area contributed by atoms with E-state index in [2.05, 4.69) is 10.6 Å². The zero-order chi connectivity index (χ0) is 23.8. The summed E-state index contributed by atoms with van der Waals surface area (Å²) >= 11 is 1.44. The molecule has 8 heteroatoms. The molecule has 0 unspecified atom stereocenters. The third-order valence-electron chi connectivity index (χ3n) is 6.71. The molecule has 0 spiro atoms. The molecule has 1 fully saturated rings. The molecule has 0 saturated carbocycles. The molecule has 1 aliphatic carbocycles. The lowest BCUT2D eigenvalue weighted by Gasteiger charge is -2.15. The van der Waals surface area contributed by atoms with Crippen LogP contribution >= 0.6 is 11.3 Å². The van der Waals surface area contributed by atoms with Crippen LogP contribution in [0.5, 0.6) is 0 Å². The smallest absolute Gasteiger partial charge is 0.292 e. The number of amides is 2. The van der Waals surface area contributed by atoms with E-state index in [1.807, 2.05) is 13.8 Å². The van der Waals surface area contributed by atoms with E-state index in [0.29, 0.717) is 28.1 Å². The molecule has 2 amide bonds. The fourth-order valence-electron chi connectivity index (χ4n) is 4.68. The molecule has 178 valence electrons. The van der Waals surface area contributed by atoms with Crippen molar-refractivity contribution < 1.29 is 18.7 Å². The minimum atomic E-state index is -0.538. The van der Waals surface area contributed by atoms with E-state index in [1.54, 1.807) is 12.1 Å². The Labute approximate surface area is 201 Å². The molecule has 1 atom stereocenters. The first kappa shape index (κ1) is 22.8. The second-order valence-electron chi connectivity index (χ2n) is 9.12. The summed E-state index contributed by atoms with van der Waals surface area (Å²) in [7, 11) is 0. The fraction of sp³-hybridized carbons (Fsp3) is 0.423. The maximum absolute atomic E-state index is 13.2. The van der Waals surface area contributed by atoms with Gasteiger partial charge in [0, 0.05) is 24.1 Å². The summed E-state index contributed by atoms with van der Waals surface area (Å²) in [4.78, 5) is 40.1. The number of hydrogen-bond acceptors (Lipinski definition) is 6. The standard InChI is InChI=1S/C26H28N2O5S/c1-14-10-18-19(29)12-21(33-20(18)11-15(14)2)24(30)28-26-23(17-7-3-4-8-22(17)34-26)25(31)27-13-16-6-5-9-32-16/h10-12,16H,3-9,13H2,1-2H3,(H,27,31)(H,28,30)/t16-/m0/s1. The third-order valence-corrected chi connectivity index (χ3v) is 7.91. The minimum Gasteiger partial charge on any atom is -0.451 e. The second kappa shape index (κ2) is 9.35. The van der Waals surface area contributed by atoms with Crippen LogP contribution < -0.4 is 16.1 Å². The van der Waals surface area contributed by atoms with Crippen LogP contribution in [-0.2, 0) is 17.6 Å². The quantitative estimate of drug-likeness (QED) is 0.560. The normalized spacial score (nSPS) is 17.5. The first-order valence-electron chi connectivity index (χ1n) is 11.8. The van der Waals surface area contributed by atoms with Crippen LogP contribution in [0.2, 0.25) is 0 Å². The average Bonchev–Trinajstić information content (AvgIpc) is 3.46. The highest BCUT2D eigenvalue weighted by Gasteiger charge is 2.28. The minimum absolute atomic E-state index is 0.0374. The van der Waals surface area contributed by atoms with Crippen molar-refractivity contribution in [3.8, 4) is 0 Å². The number of ether oxygens (including phenoxy) is 1. The molecule has 7 nitrogen and oxygen atoms in total. The van der Waals surface area contributed by atoms with Gasteiger partial charge in [0.15, 0.2) is 11.2 Å². The summed E-state index contributed by atoms with van der Waals surface area (Å²) in [6.07, 6.45) is 5.77. The highest BCUT2D eigenvalue weighted by atomic mass is 32.1. The molecule has 34 heavy (non-hydrogen) atoms. The van der Waals surface area contributed by atoms with E-state index in [0.717, 1.165) is 66.7 Å². The van der Waals surface area contributed by atoms with Crippen molar-refractivity contribution in [2.24, 2.45) is 0 Å². The molecule has 3 aromatic rings. The predicted molar refractivity (Wildman–Crippen MR) is 132 cm³/mol. The molecule has 2 aromatic heterocycles. The van der Waals surface area contributed by atoms with Gasteiger partial charge < -0.3 is 19.8 Å². The van der Waals surface area contributed by atoms with Crippen LogP contribution in [0, 0.1) is 13.8 Å². The molecule has 3 heterocycles. The van der Waals surface area contributed by atoms with Gasteiger partial charge in [-0.2, -0.15) is 0 Å². The molecular weight excluding hydrogens is 452 g/mol. The van der Waals surface area contributed by atoms with E-state index in [4.69, 9.17) is 9.15 Å². The molecule has 0 bridgehead atoms. The number of thiophene rings is 1. The van der Waals surface area contributed by atoms with Crippen molar-refractivity contribution in [3.05, 3.63) is 61.3 Å². The molecule has 0 radical (unpaired) electrons. The van der Waals surface area contributed by atoms with Gasteiger partial charge in [-0.05, 0) is 81.2 Å². The van der Waals surface area contributed by atoms with Crippen molar-refractivity contribution >= 4 is 39.1 Å². The van der Waals surface area contributed by atoms with Gasteiger partial charge >= 0.3 is 0 Å². The second-order valence-corrected chi connectivity index (χ2v) is 10.2. The Bertz CT molecular complexity index is 1330. The Balaban J connectivity index is 1.44. The maximum atomic E-state index is 13.2. The zero-order valence-electron chi connectivity index (χ0n) is 19.4. The van der Waals surface area contributed by atoms with Gasteiger partial charge in [-0.25, -0.2) is 0 Å². The van der Waals surface area contributed by atoms with Crippen LogP contribution in [0.15, 0.2) is 27.4 Å². The third kappa shape index (κ3) is 4.40. The first-order chi connectivity index (χ1) is 16.4. The monoisotopic (exact) mass is 480 g/mol. The highest BCUT2D eigenvalue weighted by Crippen LogP contribution is 2.38. The summed E-state index contributed by atoms with van der Waals surface area (Å²) in [5.74, 6) is -0.807. The lowest BCUT2D eigenvalue weighted by molar-refractivity contribution is 0.0858. The van der Waals surface area contributed by atoms with Gasteiger partial charge in [0.05, 0.1) is 17.1 Å². The average molecular weight is 481 g/mol. The summed E-state index contributed by atoms with van der Waals surface area (Å²) in [6.45, 7) is 5.04. The van der Waals surface area contributed by atoms with Gasteiger partial charge in [-0.1, -0.05) is 0 Å². The van der Waals surface area contributed by atoms with Crippen molar-refractivity contribution in [1.29, 1.82) is 0 Å². The van der Waals surface area contributed by atoms with Gasteiger partial charge in [-0.3, -0.25) is 14.4 Å². The molecule has 1 saturated heterocycles. The SMILES string of the molecule is Cc1cc2oc(C(=O)Nc3sc4c(c3C(=O)NC[C@@H]3CCCO3)CCCC4)cc(=O)c2cc1C. The lowest BCUT2D eigenvalue weighted by atomic mass is 9.95. The van der Waals surface area contributed by atoms with Gasteiger partial charge in [-0.15, -0.1) is 11.3 Å². The molecular formula is C26H28N2O5S. The Morgan fingerprint density at radius 3 is 2.65 bits per heavy atom. The lowest BCUT2D eigenvalue weighted by Crippen LogP contribution is -2.32. The number of aryl methyl sites for hydroxylation is 3. The van der Waals surface area contributed by atoms with Crippen LogP contribution in [0.25, 0.3) is 11.0 Å². The van der Waals surface area contributed by atoms with Gasteiger partial charge in [0.2, 0.25) is 0 Å². The Hall–Kier alpha value is -2.97. The molecule has 2 aliphatic rings. The number of rotatable bonds is 5. The predicted octanol–water partition coefficient (Wildman–Crippen LogP) is 4.51. The van der Waals surface area contributed by atoms with Gasteiger partial charge in [0.25, 0.3) is 11.8 Å². The topological polar surface area (TPSA) is 97.6 Å². The number of nitrogens with one attached hydrogen (secondary N) is 2. The number of carbonyl (C=O) groups excluding carboxylic acids is 2. The van der Waals surface area contributed by atoms with E-state index < -0.39 is 5.91 Å².